The van der Waals surface area contributed by atoms with Gasteiger partial charge in [0.15, 0.2) is 11.5 Å². The Morgan fingerprint density at radius 3 is 2.87 bits per heavy atom. The van der Waals surface area contributed by atoms with Gasteiger partial charge in [-0.05, 0) is 25.0 Å². The molecule has 6 heteroatoms. The highest BCUT2D eigenvalue weighted by atomic mass is 35.5. The third-order valence-corrected chi connectivity index (χ3v) is 2.93. The second-order valence-corrected chi connectivity index (χ2v) is 4.19. The summed E-state index contributed by atoms with van der Waals surface area (Å²) >= 11 is 5.81. The van der Waals surface area contributed by atoms with Gasteiger partial charge in [-0.25, -0.2) is 0 Å². The summed E-state index contributed by atoms with van der Waals surface area (Å²) in [5.74, 6) is 1.04. The summed E-state index contributed by atoms with van der Waals surface area (Å²) in [6.07, 6.45) is 1.26. The fourth-order valence-electron chi connectivity index (χ4n) is 1.84. The molecule has 78 valence electrons. The van der Waals surface area contributed by atoms with E-state index in [1.54, 1.807) is 16.6 Å². The highest BCUT2D eigenvalue weighted by Gasteiger charge is 2.32. The van der Waals surface area contributed by atoms with E-state index < -0.39 is 0 Å². The Bertz CT molecular complexity index is 506. The van der Waals surface area contributed by atoms with Gasteiger partial charge < -0.3 is 5.11 Å². The maximum atomic E-state index is 9.24. The van der Waals surface area contributed by atoms with Gasteiger partial charge in [0.25, 0.3) is 0 Å². The molecular weight excluding hydrogens is 216 g/mol. The Morgan fingerprint density at radius 2 is 2.13 bits per heavy atom. The van der Waals surface area contributed by atoms with E-state index in [-0.39, 0.29) is 12.0 Å². The number of nitrogens with zero attached hydrogens (tertiary/aromatic N) is 4. The van der Waals surface area contributed by atoms with Crippen molar-refractivity contribution in [2.45, 2.75) is 24.9 Å². The van der Waals surface area contributed by atoms with Crippen molar-refractivity contribution in [3.8, 4) is 0 Å². The molecule has 0 spiro atoms. The van der Waals surface area contributed by atoms with Crippen LogP contribution in [0.15, 0.2) is 12.1 Å². The second kappa shape index (κ2) is 3.15. The monoisotopic (exact) mass is 224 g/mol. The number of rotatable bonds is 1. The number of fused-ring (bicyclic) bond motifs is 1. The van der Waals surface area contributed by atoms with Crippen LogP contribution >= 0.6 is 11.6 Å². The van der Waals surface area contributed by atoms with Gasteiger partial charge in [-0.2, -0.15) is 9.61 Å². The molecule has 2 heterocycles. The summed E-state index contributed by atoms with van der Waals surface area (Å²) in [6.45, 7) is 0. The van der Waals surface area contributed by atoms with Gasteiger partial charge in [0.2, 0.25) is 0 Å². The summed E-state index contributed by atoms with van der Waals surface area (Å²) in [5, 5.41) is 21.9. The zero-order valence-corrected chi connectivity index (χ0v) is 8.59. The van der Waals surface area contributed by atoms with E-state index in [1.165, 1.54) is 0 Å². The zero-order valence-electron chi connectivity index (χ0n) is 7.84. The molecule has 15 heavy (non-hydrogen) atoms. The number of hydrogen-bond acceptors (Lipinski definition) is 4. The van der Waals surface area contributed by atoms with Gasteiger partial charge in [0, 0.05) is 5.92 Å². The molecular formula is C9H9ClN4O. The molecule has 1 fully saturated rings. The predicted molar refractivity (Wildman–Crippen MR) is 53.8 cm³/mol. The third kappa shape index (κ3) is 1.39. The molecule has 0 amide bonds. The largest absolute Gasteiger partial charge is 0.393 e. The fourth-order valence-corrected chi connectivity index (χ4v) is 1.97. The van der Waals surface area contributed by atoms with Gasteiger partial charge in [0.05, 0.1) is 6.10 Å². The summed E-state index contributed by atoms with van der Waals surface area (Å²) in [5.41, 5.74) is 0.691. The summed E-state index contributed by atoms with van der Waals surface area (Å²) in [6, 6.07) is 3.46. The van der Waals surface area contributed by atoms with E-state index in [1.807, 2.05) is 0 Å². The minimum atomic E-state index is -0.207. The molecule has 0 aromatic carbocycles. The van der Waals surface area contributed by atoms with Crippen LogP contribution in [0.3, 0.4) is 0 Å². The summed E-state index contributed by atoms with van der Waals surface area (Å²) < 4.78 is 1.65. The fraction of sp³-hybridized carbons (Fsp3) is 0.444. The van der Waals surface area contributed by atoms with Gasteiger partial charge >= 0.3 is 0 Å². The van der Waals surface area contributed by atoms with Crippen LogP contribution in [-0.4, -0.2) is 31.0 Å². The van der Waals surface area contributed by atoms with Crippen molar-refractivity contribution in [2.24, 2.45) is 0 Å². The maximum absolute atomic E-state index is 9.24. The molecule has 0 unspecified atom stereocenters. The Labute approximate surface area is 90.7 Å². The van der Waals surface area contributed by atoms with E-state index in [4.69, 9.17) is 11.6 Å². The highest BCUT2D eigenvalue weighted by Crippen LogP contribution is 2.35. The van der Waals surface area contributed by atoms with Crippen LogP contribution in [0.5, 0.6) is 0 Å². The zero-order chi connectivity index (χ0) is 10.4. The van der Waals surface area contributed by atoms with Crippen LogP contribution in [-0.2, 0) is 0 Å². The third-order valence-electron chi connectivity index (χ3n) is 2.73. The van der Waals surface area contributed by atoms with Crippen LogP contribution in [0.2, 0.25) is 5.15 Å². The van der Waals surface area contributed by atoms with Crippen molar-refractivity contribution in [1.82, 2.24) is 19.8 Å². The van der Waals surface area contributed by atoms with Crippen LogP contribution in [0.25, 0.3) is 5.65 Å². The molecule has 0 atom stereocenters. The van der Waals surface area contributed by atoms with Gasteiger partial charge in [0.1, 0.15) is 5.15 Å². The molecule has 0 saturated heterocycles. The number of halogens is 1. The molecule has 3 rings (SSSR count). The Hall–Kier alpha value is -1.20. The van der Waals surface area contributed by atoms with Crippen molar-refractivity contribution in [1.29, 1.82) is 0 Å². The Balaban J connectivity index is 2.07. The molecule has 1 N–H and O–H groups in total. The van der Waals surface area contributed by atoms with E-state index in [2.05, 4.69) is 15.3 Å². The number of hydrogen-bond donors (Lipinski definition) is 1. The molecule has 0 bridgehead atoms. The first-order chi connectivity index (χ1) is 7.24. The standard InChI is InChI=1S/C9H9ClN4O/c10-7-1-2-8-11-12-9(14(8)13-7)5-3-6(15)4-5/h1-2,5-6,15H,3-4H2. The van der Waals surface area contributed by atoms with Crippen LogP contribution < -0.4 is 0 Å². The SMILES string of the molecule is OC1CC(c2nnc3ccc(Cl)nn23)C1. The topological polar surface area (TPSA) is 63.3 Å². The maximum Gasteiger partial charge on any atom is 0.178 e. The molecule has 2 aromatic heterocycles. The number of aliphatic hydroxyl groups excluding tert-OH is 1. The number of aromatic nitrogens is 4. The minimum Gasteiger partial charge on any atom is -0.393 e. The lowest BCUT2D eigenvalue weighted by Crippen LogP contribution is -2.28. The summed E-state index contributed by atoms with van der Waals surface area (Å²) in [4.78, 5) is 0. The first-order valence-electron chi connectivity index (χ1n) is 4.80. The van der Waals surface area contributed by atoms with Crippen LogP contribution in [0.4, 0.5) is 0 Å². The molecule has 2 aromatic rings. The molecule has 1 aliphatic rings. The van der Waals surface area contributed by atoms with Gasteiger partial charge in [-0.3, -0.25) is 0 Å². The lowest BCUT2D eigenvalue weighted by molar-refractivity contribution is 0.0709. The highest BCUT2D eigenvalue weighted by molar-refractivity contribution is 6.29. The lowest BCUT2D eigenvalue weighted by atomic mass is 9.82. The summed E-state index contributed by atoms with van der Waals surface area (Å²) in [7, 11) is 0. The van der Waals surface area contributed by atoms with Crippen molar-refractivity contribution >= 4 is 17.2 Å². The Kier molecular flexibility index (Phi) is 1.90. The first kappa shape index (κ1) is 9.06. The second-order valence-electron chi connectivity index (χ2n) is 3.81. The first-order valence-corrected chi connectivity index (χ1v) is 5.18. The van der Waals surface area contributed by atoms with Crippen molar-refractivity contribution in [3.63, 3.8) is 0 Å². The van der Waals surface area contributed by atoms with Gasteiger partial charge in [-0.15, -0.1) is 10.2 Å². The van der Waals surface area contributed by atoms with Crippen molar-refractivity contribution in [2.75, 3.05) is 0 Å². The van der Waals surface area contributed by atoms with E-state index in [0.29, 0.717) is 10.8 Å². The minimum absolute atomic E-state index is 0.207. The van der Waals surface area contributed by atoms with Crippen LogP contribution in [0.1, 0.15) is 24.6 Å². The van der Waals surface area contributed by atoms with Crippen molar-refractivity contribution < 1.29 is 5.11 Å². The molecule has 5 nitrogen and oxygen atoms in total. The quantitative estimate of drug-likeness (QED) is 0.786. The van der Waals surface area contributed by atoms with E-state index in [9.17, 15) is 5.11 Å². The molecule has 1 aliphatic carbocycles. The molecule has 0 radical (unpaired) electrons. The Morgan fingerprint density at radius 1 is 1.33 bits per heavy atom. The van der Waals surface area contributed by atoms with E-state index in [0.717, 1.165) is 18.7 Å². The van der Waals surface area contributed by atoms with Gasteiger partial charge in [-0.1, -0.05) is 11.6 Å². The molecule has 0 aliphatic heterocycles. The molecule has 1 saturated carbocycles. The average molecular weight is 225 g/mol. The lowest BCUT2D eigenvalue weighted by Gasteiger charge is -2.29. The number of aliphatic hydroxyl groups is 1. The predicted octanol–water partition coefficient (Wildman–Crippen LogP) is 1.02. The average Bonchev–Trinajstić information content (AvgIpc) is 2.56. The normalized spacial score (nSPS) is 25.5. The van der Waals surface area contributed by atoms with E-state index >= 15 is 0 Å². The van der Waals surface area contributed by atoms with Crippen LogP contribution in [0, 0.1) is 0 Å². The smallest absolute Gasteiger partial charge is 0.178 e. The van der Waals surface area contributed by atoms with Crippen molar-refractivity contribution in [3.05, 3.63) is 23.1 Å².